The first-order chi connectivity index (χ1) is 6.77. The quantitative estimate of drug-likeness (QED) is 0.726. The molecule has 0 bridgehead atoms. The highest BCUT2D eigenvalue weighted by molar-refractivity contribution is 5.31. The van der Waals surface area contributed by atoms with Gasteiger partial charge in [0.05, 0.1) is 6.61 Å². The molecule has 0 aliphatic rings. The van der Waals surface area contributed by atoms with Gasteiger partial charge in [-0.25, -0.2) is 0 Å². The first-order valence-corrected chi connectivity index (χ1v) is 4.88. The van der Waals surface area contributed by atoms with Gasteiger partial charge in [0.25, 0.3) is 0 Å². The van der Waals surface area contributed by atoms with E-state index in [1.807, 2.05) is 24.3 Å². The minimum atomic E-state index is -0.111. The standard InChI is InChI=1S/C12H17NO/c1-3-8-14-11-7-5-6-10(9-11)12(13)4-2/h4-7,9,12H,2-3,8,13H2,1H3/t12-/m1/s1. The van der Waals surface area contributed by atoms with Crippen LogP contribution in [-0.2, 0) is 0 Å². The molecule has 1 aromatic carbocycles. The molecule has 76 valence electrons. The Labute approximate surface area is 85.4 Å². The van der Waals surface area contributed by atoms with Crippen molar-refractivity contribution in [3.8, 4) is 5.75 Å². The minimum Gasteiger partial charge on any atom is -0.494 e. The Morgan fingerprint density at radius 3 is 3.00 bits per heavy atom. The van der Waals surface area contributed by atoms with Crippen molar-refractivity contribution in [1.82, 2.24) is 0 Å². The van der Waals surface area contributed by atoms with Crippen LogP contribution in [0, 0.1) is 0 Å². The molecule has 2 heteroatoms. The van der Waals surface area contributed by atoms with E-state index in [9.17, 15) is 0 Å². The fraction of sp³-hybridized carbons (Fsp3) is 0.333. The smallest absolute Gasteiger partial charge is 0.119 e. The van der Waals surface area contributed by atoms with Crippen molar-refractivity contribution in [2.75, 3.05) is 6.61 Å². The van der Waals surface area contributed by atoms with Crippen LogP contribution in [0.5, 0.6) is 5.75 Å². The van der Waals surface area contributed by atoms with E-state index in [2.05, 4.69) is 13.5 Å². The van der Waals surface area contributed by atoms with Crippen molar-refractivity contribution in [2.45, 2.75) is 19.4 Å². The van der Waals surface area contributed by atoms with Crippen molar-refractivity contribution in [3.05, 3.63) is 42.5 Å². The summed E-state index contributed by atoms with van der Waals surface area (Å²) in [6, 6.07) is 7.71. The van der Waals surface area contributed by atoms with E-state index < -0.39 is 0 Å². The van der Waals surface area contributed by atoms with Crippen molar-refractivity contribution < 1.29 is 4.74 Å². The number of ether oxygens (including phenoxy) is 1. The fourth-order valence-corrected chi connectivity index (χ4v) is 1.17. The molecule has 0 heterocycles. The lowest BCUT2D eigenvalue weighted by Gasteiger charge is -2.09. The van der Waals surface area contributed by atoms with Crippen LogP contribution in [0.15, 0.2) is 36.9 Å². The normalized spacial score (nSPS) is 12.1. The molecule has 0 radical (unpaired) electrons. The molecule has 0 saturated carbocycles. The summed E-state index contributed by atoms with van der Waals surface area (Å²) in [4.78, 5) is 0. The summed E-state index contributed by atoms with van der Waals surface area (Å²) in [5.41, 5.74) is 6.85. The predicted molar refractivity (Wildman–Crippen MR) is 59.4 cm³/mol. The Balaban J connectivity index is 2.73. The molecule has 14 heavy (non-hydrogen) atoms. The first-order valence-electron chi connectivity index (χ1n) is 4.88. The van der Waals surface area contributed by atoms with Crippen LogP contribution < -0.4 is 10.5 Å². The van der Waals surface area contributed by atoms with E-state index in [1.165, 1.54) is 0 Å². The van der Waals surface area contributed by atoms with Crippen molar-refractivity contribution in [2.24, 2.45) is 5.73 Å². The van der Waals surface area contributed by atoms with Gasteiger partial charge < -0.3 is 10.5 Å². The number of rotatable bonds is 5. The van der Waals surface area contributed by atoms with Crippen LogP contribution in [0.2, 0.25) is 0 Å². The molecule has 0 fully saturated rings. The molecular formula is C12H17NO. The summed E-state index contributed by atoms with van der Waals surface area (Å²) < 4.78 is 5.50. The third kappa shape index (κ3) is 2.89. The molecule has 0 spiro atoms. The first kappa shape index (κ1) is 10.8. The summed E-state index contributed by atoms with van der Waals surface area (Å²) in [5.74, 6) is 0.877. The summed E-state index contributed by atoms with van der Waals surface area (Å²) in [6.07, 6.45) is 2.73. The van der Waals surface area contributed by atoms with Crippen LogP contribution in [0.25, 0.3) is 0 Å². The maximum absolute atomic E-state index is 5.82. The van der Waals surface area contributed by atoms with Gasteiger partial charge >= 0.3 is 0 Å². The molecule has 2 nitrogen and oxygen atoms in total. The van der Waals surface area contributed by atoms with E-state index in [1.54, 1.807) is 6.08 Å². The van der Waals surface area contributed by atoms with Gasteiger partial charge in [-0.05, 0) is 24.1 Å². The molecule has 0 aliphatic heterocycles. The van der Waals surface area contributed by atoms with Crippen LogP contribution in [-0.4, -0.2) is 6.61 Å². The summed E-state index contributed by atoms with van der Waals surface area (Å²) in [5, 5.41) is 0. The average Bonchev–Trinajstić information content (AvgIpc) is 2.25. The Morgan fingerprint density at radius 2 is 2.36 bits per heavy atom. The topological polar surface area (TPSA) is 35.2 Å². The molecule has 1 atom stereocenters. The number of benzene rings is 1. The summed E-state index contributed by atoms with van der Waals surface area (Å²) >= 11 is 0. The molecule has 1 rings (SSSR count). The number of hydrogen-bond acceptors (Lipinski definition) is 2. The molecule has 0 saturated heterocycles. The van der Waals surface area contributed by atoms with Gasteiger partial charge in [-0.3, -0.25) is 0 Å². The molecular weight excluding hydrogens is 174 g/mol. The van der Waals surface area contributed by atoms with Crippen LogP contribution >= 0.6 is 0 Å². The van der Waals surface area contributed by atoms with Gasteiger partial charge in [0, 0.05) is 6.04 Å². The van der Waals surface area contributed by atoms with Gasteiger partial charge in [0.1, 0.15) is 5.75 Å². The average molecular weight is 191 g/mol. The molecule has 0 aromatic heterocycles. The van der Waals surface area contributed by atoms with Crippen molar-refractivity contribution >= 4 is 0 Å². The van der Waals surface area contributed by atoms with E-state index in [0.29, 0.717) is 0 Å². The Kier molecular flexibility index (Phi) is 4.20. The second-order valence-corrected chi connectivity index (χ2v) is 3.18. The molecule has 2 N–H and O–H groups in total. The van der Waals surface area contributed by atoms with E-state index >= 15 is 0 Å². The predicted octanol–water partition coefficient (Wildman–Crippen LogP) is 2.66. The minimum absolute atomic E-state index is 0.111. The zero-order valence-corrected chi connectivity index (χ0v) is 8.57. The fourth-order valence-electron chi connectivity index (χ4n) is 1.17. The number of hydrogen-bond donors (Lipinski definition) is 1. The monoisotopic (exact) mass is 191 g/mol. The van der Waals surface area contributed by atoms with E-state index in [0.717, 1.165) is 24.3 Å². The second kappa shape index (κ2) is 5.45. The van der Waals surface area contributed by atoms with E-state index in [-0.39, 0.29) is 6.04 Å². The Hall–Kier alpha value is -1.28. The highest BCUT2D eigenvalue weighted by Gasteiger charge is 2.01. The largest absolute Gasteiger partial charge is 0.494 e. The SMILES string of the molecule is C=C[C@@H](N)c1cccc(OCCC)c1. The highest BCUT2D eigenvalue weighted by Crippen LogP contribution is 2.18. The molecule has 0 unspecified atom stereocenters. The van der Waals surface area contributed by atoms with Crippen molar-refractivity contribution in [1.29, 1.82) is 0 Å². The third-order valence-corrected chi connectivity index (χ3v) is 1.97. The van der Waals surface area contributed by atoms with Gasteiger partial charge in [0.15, 0.2) is 0 Å². The Bertz CT molecular complexity index is 296. The zero-order valence-electron chi connectivity index (χ0n) is 8.57. The number of nitrogens with two attached hydrogens (primary N) is 1. The zero-order chi connectivity index (χ0) is 10.4. The van der Waals surface area contributed by atoms with Crippen molar-refractivity contribution in [3.63, 3.8) is 0 Å². The lowest BCUT2D eigenvalue weighted by Crippen LogP contribution is -2.06. The van der Waals surface area contributed by atoms with Gasteiger partial charge in [-0.15, -0.1) is 6.58 Å². The molecule has 0 aliphatic carbocycles. The maximum atomic E-state index is 5.82. The van der Waals surface area contributed by atoms with Crippen LogP contribution in [0.3, 0.4) is 0 Å². The van der Waals surface area contributed by atoms with Gasteiger partial charge in [-0.1, -0.05) is 25.1 Å². The van der Waals surface area contributed by atoms with E-state index in [4.69, 9.17) is 10.5 Å². The third-order valence-electron chi connectivity index (χ3n) is 1.97. The second-order valence-electron chi connectivity index (χ2n) is 3.18. The lowest BCUT2D eigenvalue weighted by atomic mass is 10.1. The maximum Gasteiger partial charge on any atom is 0.119 e. The van der Waals surface area contributed by atoms with Gasteiger partial charge in [0.2, 0.25) is 0 Å². The summed E-state index contributed by atoms with van der Waals surface area (Å²) in [6.45, 7) is 6.49. The summed E-state index contributed by atoms with van der Waals surface area (Å²) in [7, 11) is 0. The van der Waals surface area contributed by atoms with Gasteiger partial charge in [-0.2, -0.15) is 0 Å². The Morgan fingerprint density at radius 1 is 1.57 bits per heavy atom. The molecule has 0 amide bonds. The molecule has 1 aromatic rings. The van der Waals surface area contributed by atoms with Crippen LogP contribution in [0.1, 0.15) is 24.9 Å². The lowest BCUT2D eigenvalue weighted by molar-refractivity contribution is 0.317. The highest BCUT2D eigenvalue weighted by atomic mass is 16.5. The van der Waals surface area contributed by atoms with Crippen LogP contribution in [0.4, 0.5) is 0 Å².